The molecule has 3 aromatic rings. The molecule has 9 heteroatoms. The van der Waals surface area contributed by atoms with Gasteiger partial charge in [0.25, 0.3) is 0 Å². The first-order chi connectivity index (χ1) is 13.2. The molecule has 0 aliphatic heterocycles. The van der Waals surface area contributed by atoms with Gasteiger partial charge in [0.2, 0.25) is 5.95 Å². The van der Waals surface area contributed by atoms with Crippen LogP contribution in [0, 0.1) is 18.3 Å². The van der Waals surface area contributed by atoms with Crippen LogP contribution in [0.25, 0.3) is 0 Å². The molecule has 0 spiro atoms. The standard InChI is InChI=1S/C18H21N9/c1-12-10-17(27-26-12)23-16-11-15(21-9-8-20)24-18(25-16)22-14-4-2-13(3-5-14)6-7-19/h2-5,10-11H,6,8-9,20H2,1H3,(H4,21,22,23,24,25,26,27). The third kappa shape index (κ3) is 5.17. The van der Waals surface area contributed by atoms with Crippen molar-refractivity contribution in [3.8, 4) is 6.07 Å². The number of anilines is 5. The van der Waals surface area contributed by atoms with E-state index in [4.69, 9.17) is 11.0 Å². The minimum Gasteiger partial charge on any atom is -0.369 e. The number of aryl methyl sites for hydroxylation is 1. The average molecular weight is 363 g/mol. The largest absolute Gasteiger partial charge is 0.369 e. The van der Waals surface area contributed by atoms with Gasteiger partial charge >= 0.3 is 0 Å². The Morgan fingerprint density at radius 3 is 2.52 bits per heavy atom. The number of benzene rings is 1. The van der Waals surface area contributed by atoms with Crippen LogP contribution in [-0.2, 0) is 6.42 Å². The van der Waals surface area contributed by atoms with Gasteiger partial charge in [0, 0.05) is 36.6 Å². The van der Waals surface area contributed by atoms with Gasteiger partial charge in [0.05, 0.1) is 12.5 Å². The number of hydrogen-bond acceptors (Lipinski definition) is 8. The van der Waals surface area contributed by atoms with Crippen molar-refractivity contribution >= 4 is 29.1 Å². The molecule has 0 saturated heterocycles. The van der Waals surface area contributed by atoms with Crippen molar-refractivity contribution in [1.82, 2.24) is 20.2 Å². The second-order valence-corrected chi connectivity index (χ2v) is 5.90. The highest BCUT2D eigenvalue weighted by Gasteiger charge is 2.07. The number of nitriles is 1. The molecule has 0 atom stereocenters. The summed E-state index contributed by atoms with van der Waals surface area (Å²) in [4.78, 5) is 8.95. The number of nitrogens with two attached hydrogens (primary N) is 1. The van der Waals surface area contributed by atoms with Crippen molar-refractivity contribution in [2.45, 2.75) is 13.3 Å². The Balaban J connectivity index is 1.81. The van der Waals surface area contributed by atoms with Crippen LogP contribution in [0.5, 0.6) is 0 Å². The van der Waals surface area contributed by atoms with Crippen LogP contribution in [-0.4, -0.2) is 33.3 Å². The minimum atomic E-state index is 0.381. The molecule has 3 rings (SSSR count). The van der Waals surface area contributed by atoms with Gasteiger partial charge in [-0.1, -0.05) is 12.1 Å². The molecular formula is C18H21N9. The lowest BCUT2D eigenvalue weighted by atomic mass is 10.1. The summed E-state index contributed by atoms with van der Waals surface area (Å²) in [6.07, 6.45) is 0.381. The SMILES string of the molecule is Cc1cc(Nc2cc(NCCN)nc(Nc3ccc(CC#N)cc3)n2)n[nH]1. The molecule has 27 heavy (non-hydrogen) atoms. The van der Waals surface area contributed by atoms with E-state index in [0.29, 0.717) is 42.9 Å². The van der Waals surface area contributed by atoms with Gasteiger partial charge in [-0.25, -0.2) is 0 Å². The van der Waals surface area contributed by atoms with Crippen molar-refractivity contribution in [2.75, 3.05) is 29.0 Å². The summed E-state index contributed by atoms with van der Waals surface area (Å²) in [6.45, 7) is 3.02. The second kappa shape index (κ2) is 8.64. The van der Waals surface area contributed by atoms with Gasteiger partial charge in [-0.05, 0) is 24.6 Å². The fourth-order valence-corrected chi connectivity index (χ4v) is 2.40. The zero-order valence-electron chi connectivity index (χ0n) is 15.0. The van der Waals surface area contributed by atoms with Gasteiger partial charge in [-0.3, -0.25) is 5.10 Å². The number of aromatic nitrogens is 4. The third-order valence-corrected chi connectivity index (χ3v) is 3.63. The molecule has 0 aliphatic carbocycles. The molecule has 2 aromatic heterocycles. The zero-order valence-corrected chi connectivity index (χ0v) is 15.0. The van der Waals surface area contributed by atoms with Gasteiger partial charge in [-0.15, -0.1) is 0 Å². The molecule has 9 nitrogen and oxygen atoms in total. The third-order valence-electron chi connectivity index (χ3n) is 3.63. The number of nitrogens with zero attached hydrogens (tertiary/aromatic N) is 4. The lowest BCUT2D eigenvalue weighted by Crippen LogP contribution is -2.14. The number of H-pyrrole nitrogens is 1. The Kier molecular flexibility index (Phi) is 5.81. The highest BCUT2D eigenvalue weighted by atomic mass is 15.2. The van der Waals surface area contributed by atoms with Crippen molar-refractivity contribution in [3.63, 3.8) is 0 Å². The van der Waals surface area contributed by atoms with Gasteiger partial charge < -0.3 is 21.7 Å². The van der Waals surface area contributed by atoms with E-state index >= 15 is 0 Å². The summed E-state index contributed by atoms with van der Waals surface area (Å²) in [5.41, 5.74) is 8.30. The second-order valence-electron chi connectivity index (χ2n) is 5.90. The Morgan fingerprint density at radius 2 is 1.85 bits per heavy atom. The van der Waals surface area contributed by atoms with Crippen molar-refractivity contribution in [3.05, 3.63) is 47.7 Å². The number of hydrogen-bond donors (Lipinski definition) is 5. The van der Waals surface area contributed by atoms with E-state index in [9.17, 15) is 0 Å². The average Bonchev–Trinajstić information content (AvgIpc) is 3.06. The molecule has 0 saturated carbocycles. The van der Waals surface area contributed by atoms with Crippen LogP contribution >= 0.6 is 0 Å². The van der Waals surface area contributed by atoms with Gasteiger partial charge in [0.15, 0.2) is 5.82 Å². The predicted octanol–water partition coefficient (Wildman–Crippen LogP) is 2.43. The number of nitrogens with one attached hydrogen (secondary N) is 4. The molecule has 0 unspecified atom stereocenters. The summed E-state index contributed by atoms with van der Waals surface area (Å²) in [7, 11) is 0. The van der Waals surface area contributed by atoms with Crippen LogP contribution in [0.1, 0.15) is 11.3 Å². The molecular weight excluding hydrogens is 342 g/mol. The normalized spacial score (nSPS) is 10.3. The summed E-state index contributed by atoms with van der Waals surface area (Å²) in [5.74, 6) is 2.34. The van der Waals surface area contributed by atoms with E-state index in [1.807, 2.05) is 37.3 Å². The van der Waals surface area contributed by atoms with Gasteiger partial charge in [0.1, 0.15) is 11.6 Å². The van der Waals surface area contributed by atoms with Crippen molar-refractivity contribution in [2.24, 2.45) is 5.73 Å². The van der Waals surface area contributed by atoms with E-state index < -0.39 is 0 Å². The van der Waals surface area contributed by atoms with E-state index in [-0.39, 0.29) is 0 Å². The van der Waals surface area contributed by atoms with Crippen molar-refractivity contribution in [1.29, 1.82) is 5.26 Å². The number of rotatable bonds is 8. The lowest BCUT2D eigenvalue weighted by Gasteiger charge is -2.11. The predicted molar refractivity (Wildman–Crippen MR) is 105 cm³/mol. The van der Waals surface area contributed by atoms with E-state index in [1.165, 1.54) is 0 Å². The monoisotopic (exact) mass is 363 g/mol. The van der Waals surface area contributed by atoms with Crippen LogP contribution in [0.2, 0.25) is 0 Å². The zero-order chi connectivity index (χ0) is 19.1. The fourth-order valence-electron chi connectivity index (χ4n) is 2.40. The first-order valence-corrected chi connectivity index (χ1v) is 8.51. The molecule has 0 radical (unpaired) electrons. The van der Waals surface area contributed by atoms with Gasteiger partial charge in [-0.2, -0.15) is 20.3 Å². The molecule has 0 amide bonds. The Labute approximate surface area is 157 Å². The molecule has 0 fully saturated rings. The number of aromatic amines is 1. The maximum Gasteiger partial charge on any atom is 0.231 e. The smallest absolute Gasteiger partial charge is 0.231 e. The van der Waals surface area contributed by atoms with E-state index in [1.54, 1.807) is 6.07 Å². The maximum absolute atomic E-state index is 8.76. The van der Waals surface area contributed by atoms with Crippen molar-refractivity contribution < 1.29 is 0 Å². The van der Waals surface area contributed by atoms with Crippen LogP contribution in [0.15, 0.2) is 36.4 Å². The van der Waals surface area contributed by atoms with Crippen LogP contribution in [0.4, 0.5) is 29.1 Å². The molecule has 6 N–H and O–H groups in total. The lowest BCUT2D eigenvalue weighted by molar-refractivity contribution is 1.00. The molecule has 1 aromatic carbocycles. The van der Waals surface area contributed by atoms with Crippen LogP contribution in [0.3, 0.4) is 0 Å². The Hall–Kier alpha value is -3.64. The molecule has 0 bridgehead atoms. The molecule has 0 aliphatic rings. The molecule has 138 valence electrons. The van der Waals surface area contributed by atoms with E-state index in [0.717, 1.165) is 16.9 Å². The van der Waals surface area contributed by atoms with E-state index in [2.05, 4.69) is 42.2 Å². The summed E-state index contributed by atoms with van der Waals surface area (Å²) in [5, 5.41) is 25.3. The quantitative estimate of drug-likeness (QED) is 0.411. The summed E-state index contributed by atoms with van der Waals surface area (Å²) >= 11 is 0. The Morgan fingerprint density at radius 1 is 1.07 bits per heavy atom. The first-order valence-electron chi connectivity index (χ1n) is 8.51. The molecule has 2 heterocycles. The van der Waals surface area contributed by atoms with Crippen LogP contribution < -0.4 is 21.7 Å². The maximum atomic E-state index is 8.76. The highest BCUT2D eigenvalue weighted by molar-refractivity contribution is 5.62. The minimum absolute atomic E-state index is 0.381. The Bertz CT molecular complexity index is 925. The first kappa shape index (κ1) is 18.2. The topological polar surface area (TPSA) is 140 Å². The highest BCUT2D eigenvalue weighted by Crippen LogP contribution is 2.21. The fraction of sp³-hybridized carbons (Fsp3) is 0.222. The summed E-state index contributed by atoms with van der Waals surface area (Å²) in [6, 6.07) is 13.4. The summed E-state index contributed by atoms with van der Waals surface area (Å²) < 4.78 is 0.